The van der Waals surface area contributed by atoms with E-state index in [1.165, 1.54) is 0 Å². The van der Waals surface area contributed by atoms with Crippen molar-refractivity contribution in [3.63, 3.8) is 0 Å². The third-order valence-electron chi connectivity index (χ3n) is 5.16. The number of carbonyl (C=O) groups is 2. The highest BCUT2D eigenvalue weighted by Gasteiger charge is 2.27. The second-order valence-corrected chi connectivity index (χ2v) is 8.53. The normalized spacial score (nSPS) is 14.4. The van der Waals surface area contributed by atoms with Crippen LogP contribution in [-0.4, -0.2) is 18.4 Å². The fourth-order valence-corrected chi connectivity index (χ4v) is 4.74. The van der Waals surface area contributed by atoms with E-state index in [0.29, 0.717) is 12.8 Å². The first kappa shape index (κ1) is 20.2. The largest absolute Gasteiger partial charge is 0.347 e. The molecule has 0 spiro atoms. The minimum absolute atomic E-state index is 0.0272. The van der Waals surface area contributed by atoms with E-state index in [9.17, 15) is 9.59 Å². The molecule has 0 bridgehead atoms. The van der Waals surface area contributed by atoms with Gasteiger partial charge in [0.25, 0.3) is 0 Å². The maximum absolute atomic E-state index is 12.7. The van der Waals surface area contributed by atoms with E-state index < -0.39 is 0 Å². The quantitative estimate of drug-likeness (QED) is 0.626. The molecule has 2 N–H and O–H groups in total. The highest BCUT2D eigenvalue weighted by Crippen LogP contribution is 2.44. The van der Waals surface area contributed by atoms with Crippen LogP contribution in [0.25, 0.3) is 0 Å². The van der Waals surface area contributed by atoms with Crippen molar-refractivity contribution >= 4 is 23.6 Å². The zero-order valence-electron chi connectivity index (χ0n) is 16.9. The van der Waals surface area contributed by atoms with E-state index in [-0.39, 0.29) is 24.4 Å². The van der Waals surface area contributed by atoms with Crippen molar-refractivity contribution in [2.45, 2.75) is 35.6 Å². The Morgan fingerprint density at radius 2 is 1.60 bits per heavy atom. The van der Waals surface area contributed by atoms with E-state index in [0.717, 1.165) is 32.0 Å². The van der Waals surface area contributed by atoms with Crippen molar-refractivity contribution in [1.29, 1.82) is 0 Å². The Kier molecular flexibility index (Phi) is 6.19. The van der Waals surface area contributed by atoms with Gasteiger partial charge in [-0.25, -0.2) is 0 Å². The van der Waals surface area contributed by atoms with Crippen molar-refractivity contribution in [2.24, 2.45) is 0 Å². The van der Waals surface area contributed by atoms with Crippen LogP contribution in [-0.2, 0) is 16.0 Å². The van der Waals surface area contributed by atoms with Crippen LogP contribution >= 0.6 is 11.8 Å². The molecule has 1 aliphatic heterocycles. The molecule has 4 nitrogen and oxygen atoms in total. The van der Waals surface area contributed by atoms with Crippen LogP contribution in [0.5, 0.6) is 0 Å². The van der Waals surface area contributed by atoms with Crippen LogP contribution in [0.2, 0.25) is 0 Å². The fraction of sp³-hybridized carbons (Fsp3) is 0.200. The number of benzene rings is 3. The van der Waals surface area contributed by atoms with Gasteiger partial charge in [-0.15, -0.1) is 0 Å². The van der Waals surface area contributed by atoms with Gasteiger partial charge in [-0.3, -0.25) is 9.59 Å². The van der Waals surface area contributed by atoms with E-state index in [2.05, 4.69) is 47.9 Å². The first-order chi connectivity index (χ1) is 14.6. The molecule has 5 heteroatoms. The lowest BCUT2D eigenvalue weighted by atomic mass is 9.96. The number of aryl methyl sites for hydroxylation is 2. The van der Waals surface area contributed by atoms with Gasteiger partial charge in [0.15, 0.2) is 0 Å². The topological polar surface area (TPSA) is 58.2 Å². The summed E-state index contributed by atoms with van der Waals surface area (Å²) in [5, 5.41) is 5.87. The van der Waals surface area contributed by atoms with Crippen molar-refractivity contribution < 1.29 is 9.59 Å². The molecule has 0 saturated carbocycles. The zero-order chi connectivity index (χ0) is 20.9. The summed E-state index contributed by atoms with van der Waals surface area (Å²) < 4.78 is 0. The molecule has 1 aliphatic rings. The van der Waals surface area contributed by atoms with E-state index in [4.69, 9.17) is 0 Å². The summed E-state index contributed by atoms with van der Waals surface area (Å²) in [6.07, 6.45) is 1.02. The van der Waals surface area contributed by atoms with Crippen molar-refractivity contribution in [2.75, 3.05) is 6.54 Å². The van der Waals surface area contributed by atoms with Crippen molar-refractivity contribution in [3.8, 4) is 0 Å². The number of rotatable bonds is 6. The average Bonchev–Trinajstić information content (AvgIpc) is 2.77. The summed E-state index contributed by atoms with van der Waals surface area (Å²) in [6.45, 7) is 2.03. The summed E-state index contributed by atoms with van der Waals surface area (Å²) in [4.78, 5) is 27.1. The standard InChI is InChI=1S/C25H24N2O2S/c1-17-11-13-22-20(15-17)25(19-9-5-6-10-21(19)30-22)27-24(29)16-26-23(28)14-12-18-7-3-2-4-8-18/h2-11,13,15,25H,12,14,16H2,1H3,(H,26,28)(H,27,29). The average molecular weight is 417 g/mol. The number of carbonyl (C=O) groups excluding carboxylic acids is 2. The molecule has 0 radical (unpaired) electrons. The Morgan fingerprint density at radius 3 is 2.43 bits per heavy atom. The smallest absolute Gasteiger partial charge is 0.240 e. The predicted molar refractivity (Wildman–Crippen MR) is 120 cm³/mol. The van der Waals surface area contributed by atoms with Crippen LogP contribution in [0.3, 0.4) is 0 Å². The summed E-state index contributed by atoms with van der Waals surface area (Å²) in [6, 6.07) is 24.1. The van der Waals surface area contributed by atoms with Crippen molar-refractivity contribution in [3.05, 3.63) is 95.1 Å². The molecule has 2 amide bonds. The summed E-state index contributed by atoms with van der Waals surface area (Å²) in [5.74, 6) is -0.313. The SMILES string of the molecule is Cc1ccc2c(c1)C(NC(=O)CNC(=O)CCc1ccccc1)c1ccccc1S2. The van der Waals surface area contributed by atoms with Gasteiger partial charge in [-0.1, -0.05) is 78.0 Å². The van der Waals surface area contributed by atoms with Crippen LogP contribution in [0.4, 0.5) is 0 Å². The molecule has 30 heavy (non-hydrogen) atoms. The van der Waals surface area contributed by atoms with E-state index >= 15 is 0 Å². The number of nitrogens with one attached hydrogen (secondary N) is 2. The molecule has 3 aromatic rings. The van der Waals surface area contributed by atoms with Gasteiger partial charge >= 0.3 is 0 Å². The number of hydrogen-bond acceptors (Lipinski definition) is 3. The van der Waals surface area contributed by atoms with Gasteiger partial charge in [0.05, 0.1) is 12.6 Å². The van der Waals surface area contributed by atoms with Crippen LogP contribution in [0, 0.1) is 6.92 Å². The van der Waals surface area contributed by atoms with Crippen LogP contribution in [0.15, 0.2) is 82.6 Å². The lowest BCUT2D eigenvalue weighted by Crippen LogP contribution is -2.39. The Balaban J connectivity index is 1.39. The second-order valence-electron chi connectivity index (χ2n) is 7.44. The van der Waals surface area contributed by atoms with Gasteiger partial charge in [0.1, 0.15) is 0 Å². The fourth-order valence-electron chi connectivity index (χ4n) is 3.62. The Labute approximate surface area is 181 Å². The van der Waals surface area contributed by atoms with Crippen LogP contribution < -0.4 is 10.6 Å². The monoisotopic (exact) mass is 416 g/mol. The molecule has 0 aromatic heterocycles. The third kappa shape index (κ3) is 4.74. The lowest BCUT2D eigenvalue weighted by molar-refractivity contribution is -0.126. The minimum Gasteiger partial charge on any atom is -0.347 e. The maximum Gasteiger partial charge on any atom is 0.240 e. The molecule has 0 saturated heterocycles. The molecule has 1 atom stereocenters. The van der Waals surface area contributed by atoms with E-state index in [1.54, 1.807) is 11.8 Å². The van der Waals surface area contributed by atoms with Gasteiger partial charge in [-0.05, 0) is 42.2 Å². The molecular formula is C25H24N2O2S. The third-order valence-corrected chi connectivity index (χ3v) is 6.34. The Bertz CT molecular complexity index is 1070. The highest BCUT2D eigenvalue weighted by molar-refractivity contribution is 7.99. The molecular weight excluding hydrogens is 392 g/mol. The zero-order valence-corrected chi connectivity index (χ0v) is 17.7. The first-order valence-electron chi connectivity index (χ1n) is 10.1. The highest BCUT2D eigenvalue weighted by atomic mass is 32.2. The summed E-state index contributed by atoms with van der Waals surface area (Å²) in [7, 11) is 0. The van der Waals surface area contributed by atoms with Crippen LogP contribution in [0.1, 0.15) is 34.7 Å². The first-order valence-corrected chi connectivity index (χ1v) is 10.9. The van der Waals surface area contributed by atoms with Crippen molar-refractivity contribution in [1.82, 2.24) is 10.6 Å². The second kappa shape index (κ2) is 9.18. The van der Waals surface area contributed by atoms with Gasteiger partial charge in [0.2, 0.25) is 11.8 Å². The molecule has 1 heterocycles. The van der Waals surface area contributed by atoms with Gasteiger partial charge in [0, 0.05) is 16.2 Å². The Morgan fingerprint density at radius 1 is 0.867 bits per heavy atom. The molecule has 152 valence electrons. The molecule has 1 unspecified atom stereocenters. The predicted octanol–water partition coefficient (Wildman–Crippen LogP) is 4.41. The van der Waals surface area contributed by atoms with Gasteiger partial charge < -0.3 is 10.6 Å². The summed E-state index contributed by atoms with van der Waals surface area (Å²) >= 11 is 1.72. The van der Waals surface area contributed by atoms with E-state index in [1.807, 2.05) is 42.5 Å². The minimum atomic E-state index is -0.217. The molecule has 3 aromatic carbocycles. The Hall–Kier alpha value is -3.05. The summed E-state index contributed by atoms with van der Waals surface area (Å²) in [5.41, 5.74) is 4.45. The number of fused-ring (bicyclic) bond motifs is 2. The molecule has 0 aliphatic carbocycles. The maximum atomic E-state index is 12.7. The number of hydrogen-bond donors (Lipinski definition) is 2. The van der Waals surface area contributed by atoms with Gasteiger partial charge in [-0.2, -0.15) is 0 Å². The number of amides is 2. The molecule has 4 rings (SSSR count). The lowest BCUT2D eigenvalue weighted by Gasteiger charge is -2.29. The molecule has 0 fully saturated rings.